The lowest BCUT2D eigenvalue weighted by molar-refractivity contribution is 0.0691. The number of furan rings is 1. The maximum absolute atomic E-state index is 11.3. The molecule has 0 atom stereocenters. The Morgan fingerprint density at radius 1 is 1.24 bits per heavy atom. The third-order valence-corrected chi connectivity index (χ3v) is 2.90. The molecule has 0 amide bonds. The molecule has 0 radical (unpaired) electrons. The van der Waals surface area contributed by atoms with Crippen LogP contribution in [0.3, 0.4) is 0 Å². The predicted octanol–water partition coefficient (Wildman–Crippen LogP) is 2.77. The first-order valence-corrected chi connectivity index (χ1v) is 6.14. The molecule has 0 saturated heterocycles. The van der Waals surface area contributed by atoms with Crippen molar-refractivity contribution in [3.8, 4) is 11.5 Å². The molecule has 21 heavy (non-hydrogen) atoms. The van der Waals surface area contributed by atoms with Crippen LogP contribution >= 0.6 is 0 Å². The molecule has 1 aromatic heterocycles. The predicted molar refractivity (Wildman–Crippen MR) is 73.0 cm³/mol. The lowest BCUT2D eigenvalue weighted by Crippen LogP contribution is -2.04. The lowest BCUT2D eigenvalue weighted by atomic mass is 10.1. The van der Waals surface area contributed by atoms with Gasteiger partial charge in [-0.2, -0.15) is 0 Å². The number of Topliss-reactive ketones (excluding diaryl/α,β-unsaturated/α-hetero) is 1. The maximum atomic E-state index is 11.3. The first-order valence-electron chi connectivity index (χ1n) is 6.14. The summed E-state index contributed by atoms with van der Waals surface area (Å²) in [5, 5.41) is 8.97. The van der Waals surface area contributed by atoms with E-state index in [1.165, 1.54) is 26.4 Å². The zero-order chi connectivity index (χ0) is 15.4. The van der Waals surface area contributed by atoms with Crippen LogP contribution in [0.15, 0.2) is 34.9 Å². The molecule has 0 spiro atoms. The third-order valence-electron chi connectivity index (χ3n) is 2.90. The molecule has 1 heterocycles. The van der Waals surface area contributed by atoms with Crippen molar-refractivity contribution in [3.05, 3.63) is 47.4 Å². The Bertz CT molecular complexity index is 671. The van der Waals surface area contributed by atoms with Gasteiger partial charge in [0, 0.05) is 5.56 Å². The van der Waals surface area contributed by atoms with Crippen LogP contribution in [-0.2, 0) is 6.61 Å². The number of rotatable bonds is 6. The van der Waals surface area contributed by atoms with Gasteiger partial charge >= 0.3 is 5.97 Å². The number of ketones is 1. The van der Waals surface area contributed by atoms with Crippen LogP contribution in [0.4, 0.5) is 0 Å². The lowest BCUT2D eigenvalue weighted by Gasteiger charge is -2.11. The summed E-state index contributed by atoms with van der Waals surface area (Å²) in [6, 6.07) is 6.13. The molecule has 2 aromatic rings. The second kappa shape index (κ2) is 6.13. The van der Waals surface area contributed by atoms with E-state index >= 15 is 0 Å². The molecule has 0 fully saturated rings. The molecule has 0 saturated carbocycles. The minimum Gasteiger partial charge on any atom is -0.493 e. The maximum Gasteiger partial charge on any atom is 0.339 e. The van der Waals surface area contributed by atoms with Crippen molar-refractivity contribution in [2.24, 2.45) is 0 Å². The monoisotopic (exact) mass is 290 g/mol. The Kier molecular flexibility index (Phi) is 4.27. The van der Waals surface area contributed by atoms with E-state index in [2.05, 4.69) is 0 Å². The van der Waals surface area contributed by atoms with Crippen molar-refractivity contribution in [3.63, 3.8) is 0 Å². The van der Waals surface area contributed by atoms with Gasteiger partial charge in [-0.15, -0.1) is 0 Å². The molecular weight excluding hydrogens is 276 g/mol. The third kappa shape index (κ3) is 3.22. The van der Waals surface area contributed by atoms with Crippen molar-refractivity contribution in [1.82, 2.24) is 0 Å². The highest BCUT2D eigenvalue weighted by molar-refractivity contribution is 5.94. The number of ether oxygens (including phenoxy) is 2. The average Bonchev–Trinajstić information content (AvgIpc) is 2.93. The highest BCUT2D eigenvalue weighted by Crippen LogP contribution is 2.29. The number of benzene rings is 1. The number of hydrogen-bond donors (Lipinski definition) is 1. The van der Waals surface area contributed by atoms with Gasteiger partial charge in [-0.25, -0.2) is 4.79 Å². The SMILES string of the molecule is COc1cc(C(C)=O)ccc1OCc1occc1C(=O)O. The van der Waals surface area contributed by atoms with Crippen molar-refractivity contribution >= 4 is 11.8 Å². The van der Waals surface area contributed by atoms with Gasteiger partial charge in [-0.1, -0.05) is 0 Å². The summed E-state index contributed by atoms with van der Waals surface area (Å²) < 4.78 is 15.7. The number of carboxylic acids is 1. The van der Waals surface area contributed by atoms with Crippen molar-refractivity contribution in [2.45, 2.75) is 13.5 Å². The van der Waals surface area contributed by atoms with E-state index in [0.29, 0.717) is 17.1 Å². The van der Waals surface area contributed by atoms with E-state index in [9.17, 15) is 9.59 Å². The van der Waals surface area contributed by atoms with Gasteiger partial charge in [0.25, 0.3) is 0 Å². The molecule has 110 valence electrons. The number of carbonyl (C=O) groups excluding carboxylic acids is 1. The molecule has 0 bridgehead atoms. The smallest absolute Gasteiger partial charge is 0.339 e. The van der Waals surface area contributed by atoms with Gasteiger partial charge in [0.2, 0.25) is 0 Å². The normalized spacial score (nSPS) is 10.2. The highest BCUT2D eigenvalue weighted by atomic mass is 16.5. The number of methoxy groups -OCH3 is 1. The summed E-state index contributed by atoms with van der Waals surface area (Å²) >= 11 is 0. The fourth-order valence-electron chi connectivity index (χ4n) is 1.79. The zero-order valence-electron chi connectivity index (χ0n) is 11.6. The fraction of sp³-hybridized carbons (Fsp3) is 0.200. The molecular formula is C15H14O6. The zero-order valence-corrected chi connectivity index (χ0v) is 11.6. The summed E-state index contributed by atoms with van der Waals surface area (Å²) in [4.78, 5) is 22.3. The summed E-state index contributed by atoms with van der Waals surface area (Å²) in [7, 11) is 1.46. The van der Waals surface area contributed by atoms with Crippen LogP contribution in [0.5, 0.6) is 11.5 Å². The van der Waals surface area contributed by atoms with Crippen molar-refractivity contribution in [2.75, 3.05) is 7.11 Å². The first-order chi connectivity index (χ1) is 10.0. The first kappa shape index (κ1) is 14.6. The fourth-order valence-corrected chi connectivity index (χ4v) is 1.79. The molecule has 0 aliphatic rings. The minimum atomic E-state index is -1.08. The summed E-state index contributed by atoms with van der Waals surface area (Å²) in [6.07, 6.45) is 1.29. The van der Waals surface area contributed by atoms with Gasteiger partial charge in [0.05, 0.1) is 13.4 Å². The number of carboxylic acid groups (broad SMARTS) is 1. The summed E-state index contributed by atoms with van der Waals surface area (Å²) in [5.41, 5.74) is 0.553. The molecule has 1 N–H and O–H groups in total. The molecule has 0 aliphatic carbocycles. The molecule has 0 aliphatic heterocycles. The topological polar surface area (TPSA) is 86.0 Å². The van der Waals surface area contributed by atoms with Gasteiger partial charge in [0.1, 0.15) is 12.2 Å². The molecule has 2 rings (SSSR count). The van der Waals surface area contributed by atoms with Crippen LogP contribution in [-0.4, -0.2) is 24.0 Å². The largest absolute Gasteiger partial charge is 0.493 e. The molecule has 6 nitrogen and oxygen atoms in total. The highest BCUT2D eigenvalue weighted by Gasteiger charge is 2.15. The Balaban J connectivity index is 2.18. The van der Waals surface area contributed by atoms with Gasteiger partial charge in [0.15, 0.2) is 23.0 Å². The van der Waals surface area contributed by atoms with Crippen LogP contribution in [0, 0.1) is 0 Å². The van der Waals surface area contributed by atoms with E-state index in [1.807, 2.05) is 0 Å². The van der Waals surface area contributed by atoms with Crippen LogP contribution in [0.25, 0.3) is 0 Å². The second-order valence-electron chi connectivity index (χ2n) is 4.27. The number of aromatic carboxylic acids is 1. The van der Waals surface area contributed by atoms with Gasteiger partial charge in [-0.3, -0.25) is 4.79 Å². The number of carbonyl (C=O) groups is 2. The summed E-state index contributed by atoms with van der Waals surface area (Å²) in [5.74, 6) is -0.165. The Hall–Kier alpha value is -2.76. The quantitative estimate of drug-likeness (QED) is 0.823. The molecule has 6 heteroatoms. The standard InChI is InChI=1S/C15H14O6/c1-9(16)10-3-4-12(13(7-10)19-2)21-8-14-11(15(17)18)5-6-20-14/h3-7H,8H2,1-2H3,(H,17,18). The van der Waals surface area contributed by atoms with Crippen LogP contribution in [0.1, 0.15) is 33.4 Å². The van der Waals surface area contributed by atoms with Crippen LogP contribution < -0.4 is 9.47 Å². The Morgan fingerprint density at radius 3 is 2.62 bits per heavy atom. The van der Waals surface area contributed by atoms with Crippen molar-refractivity contribution < 1.29 is 28.6 Å². The molecule has 1 aromatic carbocycles. The van der Waals surface area contributed by atoms with E-state index < -0.39 is 5.97 Å². The average molecular weight is 290 g/mol. The molecule has 0 unspecified atom stereocenters. The van der Waals surface area contributed by atoms with Gasteiger partial charge < -0.3 is 19.0 Å². The van der Waals surface area contributed by atoms with E-state index in [0.717, 1.165) is 0 Å². The van der Waals surface area contributed by atoms with Crippen molar-refractivity contribution in [1.29, 1.82) is 0 Å². The van der Waals surface area contributed by atoms with Crippen LogP contribution in [0.2, 0.25) is 0 Å². The van der Waals surface area contributed by atoms with E-state index in [4.69, 9.17) is 19.0 Å². The minimum absolute atomic E-state index is 0.0503. The number of hydrogen-bond acceptors (Lipinski definition) is 5. The second-order valence-corrected chi connectivity index (χ2v) is 4.27. The van der Waals surface area contributed by atoms with E-state index in [-0.39, 0.29) is 23.7 Å². The summed E-state index contributed by atoms with van der Waals surface area (Å²) in [6.45, 7) is 1.40. The van der Waals surface area contributed by atoms with Gasteiger partial charge in [-0.05, 0) is 31.2 Å². The Labute approximate surface area is 120 Å². The van der Waals surface area contributed by atoms with E-state index in [1.54, 1.807) is 18.2 Å². The Morgan fingerprint density at radius 2 is 2.00 bits per heavy atom.